The average molecular weight is 232 g/mol. The molecule has 3 heterocycles. The van der Waals surface area contributed by atoms with Gasteiger partial charge in [0.15, 0.2) is 0 Å². The Kier molecular flexibility index (Phi) is 2.27. The Morgan fingerprint density at radius 3 is 3.06 bits per heavy atom. The van der Waals surface area contributed by atoms with Gasteiger partial charge in [-0.25, -0.2) is 4.52 Å². The zero-order valence-electron chi connectivity index (χ0n) is 8.71. The van der Waals surface area contributed by atoms with E-state index in [1.165, 1.54) is 4.88 Å². The van der Waals surface area contributed by atoms with Gasteiger partial charge in [-0.3, -0.25) is 0 Å². The van der Waals surface area contributed by atoms with Gasteiger partial charge in [-0.05, 0) is 11.4 Å². The molecule has 0 radical (unpaired) electrons. The molecule has 16 heavy (non-hydrogen) atoms. The summed E-state index contributed by atoms with van der Waals surface area (Å²) in [6, 6.07) is 6.22. The van der Waals surface area contributed by atoms with E-state index < -0.39 is 0 Å². The number of aromatic nitrogens is 3. The van der Waals surface area contributed by atoms with Gasteiger partial charge in [0.1, 0.15) is 11.3 Å². The third kappa shape index (κ3) is 1.45. The molecule has 3 aromatic heterocycles. The summed E-state index contributed by atoms with van der Waals surface area (Å²) in [5.74, 6) is 0. The van der Waals surface area contributed by atoms with E-state index in [4.69, 9.17) is 5.73 Å². The van der Waals surface area contributed by atoms with Crippen molar-refractivity contribution in [3.8, 4) is 10.6 Å². The van der Waals surface area contributed by atoms with E-state index in [0.717, 1.165) is 17.9 Å². The summed E-state index contributed by atoms with van der Waals surface area (Å²) in [5.41, 5.74) is 7.68. The van der Waals surface area contributed by atoms with Crippen LogP contribution in [0.4, 0.5) is 0 Å². The van der Waals surface area contributed by atoms with Crippen LogP contribution < -0.4 is 5.73 Å². The number of thiophene rings is 1. The van der Waals surface area contributed by atoms with Gasteiger partial charge in [0.25, 0.3) is 0 Å². The van der Waals surface area contributed by atoms with Crippen molar-refractivity contribution in [2.24, 2.45) is 5.73 Å². The van der Waals surface area contributed by atoms with Crippen LogP contribution in [-0.2, 0) is 6.54 Å². The molecule has 0 aliphatic rings. The Morgan fingerprint density at radius 2 is 2.31 bits per heavy atom. The molecule has 0 aliphatic carbocycles. The summed E-state index contributed by atoms with van der Waals surface area (Å²) in [6.45, 7) is 1.47. The van der Waals surface area contributed by atoms with E-state index in [1.807, 2.05) is 23.0 Å². The van der Waals surface area contributed by atoms with Crippen LogP contribution in [0.25, 0.3) is 16.2 Å². The Morgan fingerprint density at radius 1 is 1.38 bits per heavy atom. The first-order valence-electron chi connectivity index (χ1n) is 5.17. The van der Waals surface area contributed by atoms with Gasteiger partial charge in [0.05, 0.1) is 4.88 Å². The minimum Gasteiger partial charge on any atom is -0.330 e. The quantitative estimate of drug-likeness (QED) is 0.749. The summed E-state index contributed by atoms with van der Waals surface area (Å²) in [4.78, 5) is 1.20. The van der Waals surface area contributed by atoms with Crippen molar-refractivity contribution in [1.29, 1.82) is 0 Å². The van der Waals surface area contributed by atoms with E-state index in [2.05, 4.69) is 27.2 Å². The zero-order valence-corrected chi connectivity index (χ0v) is 9.52. The van der Waals surface area contributed by atoms with E-state index in [-0.39, 0.29) is 0 Å². The van der Waals surface area contributed by atoms with Crippen molar-refractivity contribution >= 4 is 17.0 Å². The smallest absolute Gasteiger partial charge is 0.136 e. The van der Waals surface area contributed by atoms with E-state index >= 15 is 0 Å². The Labute approximate surface area is 96.9 Å². The number of nitrogens with two attached hydrogens (primary N) is 1. The first kappa shape index (κ1) is 9.62. The summed E-state index contributed by atoms with van der Waals surface area (Å²) in [6.07, 6.45) is 3.97. The third-order valence-corrected chi connectivity index (χ3v) is 3.43. The van der Waals surface area contributed by atoms with E-state index in [9.17, 15) is 0 Å². The lowest BCUT2D eigenvalue weighted by Gasteiger charge is -1.97. The second kappa shape index (κ2) is 3.77. The van der Waals surface area contributed by atoms with Gasteiger partial charge in [-0.1, -0.05) is 6.07 Å². The van der Waals surface area contributed by atoms with Crippen LogP contribution >= 0.6 is 11.3 Å². The maximum absolute atomic E-state index is 5.56. The number of fused-ring (bicyclic) bond motifs is 1. The molecule has 0 atom stereocenters. The molecule has 0 spiro atoms. The van der Waals surface area contributed by atoms with Gasteiger partial charge in [0, 0.05) is 31.5 Å². The molecule has 0 saturated heterocycles. The van der Waals surface area contributed by atoms with Gasteiger partial charge < -0.3 is 10.3 Å². The van der Waals surface area contributed by atoms with Crippen molar-refractivity contribution in [2.45, 2.75) is 6.54 Å². The van der Waals surface area contributed by atoms with Crippen molar-refractivity contribution < 1.29 is 0 Å². The first-order valence-corrected chi connectivity index (χ1v) is 6.05. The molecule has 0 fully saturated rings. The predicted molar refractivity (Wildman–Crippen MR) is 65.5 cm³/mol. The molecule has 0 saturated carbocycles. The van der Waals surface area contributed by atoms with E-state index in [0.29, 0.717) is 6.54 Å². The van der Waals surface area contributed by atoms with Crippen LogP contribution in [0.15, 0.2) is 36.0 Å². The Bertz CT molecular complexity index is 591. The number of rotatable bonds is 3. The average Bonchev–Trinajstić information content (AvgIpc) is 2.93. The molecule has 0 bridgehead atoms. The molecule has 2 N–H and O–H groups in total. The van der Waals surface area contributed by atoms with Gasteiger partial charge in [-0.15, -0.1) is 11.3 Å². The highest BCUT2D eigenvalue weighted by atomic mass is 32.1. The minimum absolute atomic E-state index is 0.643. The van der Waals surface area contributed by atoms with Crippen LogP contribution in [0.3, 0.4) is 0 Å². The fourth-order valence-corrected chi connectivity index (χ4v) is 2.48. The molecular formula is C11H12N4S. The number of nitrogens with zero attached hydrogens (tertiary/aromatic N) is 3. The molecular weight excluding hydrogens is 220 g/mol. The van der Waals surface area contributed by atoms with Gasteiger partial charge in [-0.2, -0.15) is 5.10 Å². The maximum Gasteiger partial charge on any atom is 0.136 e. The minimum atomic E-state index is 0.643. The monoisotopic (exact) mass is 232 g/mol. The van der Waals surface area contributed by atoms with Crippen LogP contribution in [-0.4, -0.2) is 20.7 Å². The van der Waals surface area contributed by atoms with Crippen LogP contribution in [0.5, 0.6) is 0 Å². The maximum atomic E-state index is 5.56. The van der Waals surface area contributed by atoms with Crippen molar-refractivity contribution in [3.05, 3.63) is 36.0 Å². The SMILES string of the molecule is NCCn1ccn2nc(-c3cccs3)cc12. The Balaban J connectivity index is 2.09. The summed E-state index contributed by atoms with van der Waals surface area (Å²) < 4.78 is 4.01. The molecule has 3 aromatic rings. The molecule has 0 aliphatic heterocycles. The number of hydrogen-bond donors (Lipinski definition) is 1. The Hall–Kier alpha value is -1.59. The number of hydrogen-bond acceptors (Lipinski definition) is 3. The largest absolute Gasteiger partial charge is 0.330 e. The third-order valence-electron chi connectivity index (χ3n) is 2.54. The van der Waals surface area contributed by atoms with Crippen LogP contribution in [0.1, 0.15) is 0 Å². The van der Waals surface area contributed by atoms with E-state index in [1.54, 1.807) is 11.3 Å². The highest BCUT2D eigenvalue weighted by molar-refractivity contribution is 7.13. The molecule has 3 rings (SSSR count). The second-order valence-electron chi connectivity index (χ2n) is 3.59. The van der Waals surface area contributed by atoms with Crippen molar-refractivity contribution in [2.75, 3.05) is 6.54 Å². The lowest BCUT2D eigenvalue weighted by molar-refractivity contribution is 0.730. The normalized spacial score (nSPS) is 11.3. The summed E-state index contributed by atoms with van der Waals surface area (Å²) >= 11 is 1.70. The van der Waals surface area contributed by atoms with Crippen molar-refractivity contribution in [3.63, 3.8) is 0 Å². The zero-order chi connectivity index (χ0) is 11.0. The van der Waals surface area contributed by atoms with Gasteiger partial charge in [0.2, 0.25) is 0 Å². The van der Waals surface area contributed by atoms with Gasteiger partial charge >= 0.3 is 0 Å². The predicted octanol–water partition coefficient (Wildman–Crippen LogP) is 1.82. The summed E-state index contributed by atoms with van der Waals surface area (Å²) in [7, 11) is 0. The summed E-state index contributed by atoms with van der Waals surface area (Å²) in [5, 5.41) is 6.59. The highest BCUT2D eigenvalue weighted by Crippen LogP contribution is 2.24. The lowest BCUT2D eigenvalue weighted by Crippen LogP contribution is -2.08. The van der Waals surface area contributed by atoms with Crippen LogP contribution in [0, 0.1) is 0 Å². The molecule has 0 aromatic carbocycles. The molecule has 5 heteroatoms. The second-order valence-corrected chi connectivity index (χ2v) is 4.54. The fraction of sp³-hybridized carbons (Fsp3) is 0.182. The van der Waals surface area contributed by atoms with Crippen molar-refractivity contribution in [1.82, 2.24) is 14.2 Å². The number of imidazole rings is 1. The molecule has 4 nitrogen and oxygen atoms in total. The molecule has 0 amide bonds. The molecule has 0 unspecified atom stereocenters. The standard InChI is InChI=1S/C11H12N4S/c12-3-4-14-5-6-15-11(14)8-9(13-15)10-2-1-7-16-10/h1-2,5-8H,3-4,12H2. The molecule has 82 valence electrons. The fourth-order valence-electron chi connectivity index (χ4n) is 1.80. The first-order chi connectivity index (χ1) is 7.88. The highest BCUT2D eigenvalue weighted by Gasteiger charge is 2.07. The lowest BCUT2D eigenvalue weighted by atomic mass is 10.3. The van der Waals surface area contributed by atoms with Crippen LogP contribution in [0.2, 0.25) is 0 Å². The topological polar surface area (TPSA) is 48.2 Å².